The molecule has 1 unspecified atom stereocenters. The number of Topliss-reactive ketones (excluding diaryl/α,β-unsaturated/α-hetero) is 1. The molecule has 0 aliphatic carbocycles. The third-order valence-electron chi connectivity index (χ3n) is 4.35. The molecular weight excluding hydrogens is 432 g/mol. The Hall–Kier alpha value is -3.59. The van der Waals surface area contributed by atoms with Gasteiger partial charge in [-0.25, -0.2) is 9.79 Å². The van der Waals surface area contributed by atoms with Gasteiger partial charge in [-0.15, -0.1) is 0 Å². The number of carboxylic acid groups (broad SMARTS) is 1. The lowest BCUT2D eigenvalue weighted by molar-refractivity contribution is -0.144. The summed E-state index contributed by atoms with van der Waals surface area (Å²) in [7, 11) is 0. The van der Waals surface area contributed by atoms with E-state index in [4.69, 9.17) is 14.6 Å². The fraction of sp³-hybridized carbons (Fsp3) is 0.217. The zero-order valence-corrected chi connectivity index (χ0v) is 18.6. The molecule has 166 valence electrons. The summed E-state index contributed by atoms with van der Waals surface area (Å²) in [5, 5.41) is 12.2. The highest BCUT2D eigenvalue weighted by Crippen LogP contribution is 2.33. The molecule has 1 aliphatic heterocycles. The largest absolute Gasteiger partial charge is 0.490 e. The molecule has 1 atom stereocenters. The molecule has 0 bridgehead atoms. The summed E-state index contributed by atoms with van der Waals surface area (Å²) >= 11 is 1.18. The quantitative estimate of drug-likeness (QED) is 0.457. The van der Waals surface area contributed by atoms with E-state index in [9.17, 15) is 14.4 Å². The minimum Gasteiger partial charge on any atom is -0.490 e. The highest BCUT2D eigenvalue weighted by atomic mass is 32.2. The van der Waals surface area contributed by atoms with Crippen LogP contribution in [0.4, 0.5) is 5.69 Å². The van der Waals surface area contributed by atoms with Crippen molar-refractivity contribution >= 4 is 46.4 Å². The fourth-order valence-corrected chi connectivity index (χ4v) is 3.61. The van der Waals surface area contributed by atoms with E-state index in [1.807, 2.05) is 0 Å². The first-order chi connectivity index (χ1) is 15.3. The number of aliphatic imine (C=N–C) groups is 1. The second-order valence-corrected chi connectivity index (χ2v) is 7.86. The van der Waals surface area contributed by atoms with Crippen LogP contribution in [0.3, 0.4) is 0 Å². The molecule has 1 heterocycles. The van der Waals surface area contributed by atoms with Gasteiger partial charge in [0.05, 0.1) is 17.2 Å². The highest BCUT2D eigenvalue weighted by molar-refractivity contribution is 8.18. The van der Waals surface area contributed by atoms with E-state index in [0.29, 0.717) is 45.0 Å². The fourth-order valence-electron chi connectivity index (χ4n) is 2.76. The first-order valence-electron chi connectivity index (χ1n) is 9.83. The van der Waals surface area contributed by atoms with Crippen molar-refractivity contribution in [3.63, 3.8) is 0 Å². The van der Waals surface area contributed by atoms with Crippen LogP contribution in [0.1, 0.15) is 36.7 Å². The van der Waals surface area contributed by atoms with Crippen LogP contribution in [-0.4, -0.2) is 40.6 Å². The number of rotatable bonds is 8. The predicted octanol–water partition coefficient (Wildman–Crippen LogP) is 4.03. The Bertz CT molecular complexity index is 1130. The molecule has 3 rings (SSSR count). The van der Waals surface area contributed by atoms with Crippen molar-refractivity contribution in [1.82, 2.24) is 5.32 Å². The molecule has 0 aromatic heterocycles. The van der Waals surface area contributed by atoms with Crippen molar-refractivity contribution in [2.45, 2.75) is 26.9 Å². The molecule has 1 aliphatic rings. The number of hydrogen-bond acceptors (Lipinski definition) is 7. The van der Waals surface area contributed by atoms with Gasteiger partial charge in [-0.05, 0) is 68.4 Å². The minimum atomic E-state index is -1.08. The lowest BCUT2D eigenvalue weighted by Crippen LogP contribution is -2.23. The first-order valence-corrected chi connectivity index (χ1v) is 10.7. The molecule has 1 amide bonds. The summed E-state index contributed by atoms with van der Waals surface area (Å²) < 4.78 is 11.0. The molecule has 8 nitrogen and oxygen atoms in total. The summed E-state index contributed by atoms with van der Waals surface area (Å²) in [5.74, 6) is -0.757. The van der Waals surface area contributed by atoms with Crippen molar-refractivity contribution < 1.29 is 29.0 Å². The van der Waals surface area contributed by atoms with Crippen LogP contribution in [-0.2, 0) is 9.59 Å². The number of carboxylic acids is 1. The molecule has 32 heavy (non-hydrogen) atoms. The van der Waals surface area contributed by atoms with Crippen molar-refractivity contribution in [2.24, 2.45) is 4.99 Å². The van der Waals surface area contributed by atoms with E-state index in [-0.39, 0.29) is 11.7 Å². The van der Waals surface area contributed by atoms with Crippen LogP contribution >= 0.6 is 11.8 Å². The van der Waals surface area contributed by atoms with Gasteiger partial charge in [-0.3, -0.25) is 9.59 Å². The molecule has 2 N–H and O–H groups in total. The number of benzene rings is 2. The molecule has 9 heteroatoms. The van der Waals surface area contributed by atoms with E-state index in [1.54, 1.807) is 55.5 Å². The topological polar surface area (TPSA) is 114 Å². The number of ether oxygens (including phenoxy) is 2. The number of thioether (sulfide) groups is 1. The Labute approximate surface area is 189 Å². The Morgan fingerprint density at radius 2 is 2.00 bits per heavy atom. The number of amides is 1. The van der Waals surface area contributed by atoms with Gasteiger partial charge in [0.2, 0.25) is 0 Å². The van der Waals surface area contributed by atoms with Crippen molar-refractivity contribution in [1.29, 1.82) is 0 Å². The van der Waals surface area contributed by atoms with Crippen LogP contribution in [0.2, 0.25) is 0 Å². The molecule has 1 fully saturated rings. The number of aliphatic carboxylic acids is 1. The SMILES string of the molecule is CCOc1cc(/C=C2/SC(=Nc3cccc(C(C)=O)c3)NC2=O)ccc1OC(C)C(=O)O. The van der Waals surface area contributed by atoms with E-state index in [0.717, 1.165) is 0 Å². The van der Waals surface area contributed by atoms with Crippen LogP contribution in [0.5, 0.6) is 11.5 Å². The van der Waals surface area contributed by atoms with Crippen molar-refractivity contribution in [2.75, 3.05) is 6.61 Å². The van der Waals surface area contributed by atoms with Crippen LogP contribution in [0.15, 0.2) is 52.4 Å². The monoisotopic (exact) mass is 454 g/mol. The predicted molar refractivity (Wildman–Crippen MR) is 123 cm³/mol. The van der Waals surface area contributed by atoms with Gasteiger partial charge < -0.3 is 19.9 Å². The second kappa shape index (κ2) is 10.1. The van der Waals surface area contributed by atoms with Crippen LogP contribution in [0, 0.1) is 0 Å². The summed E-state index contributed by atoms with van der Waals surface area (Å²) in [4.78, 5) is 39.9. The van der Waals surface area contributed by atoms with Crippen LogP contribution < -0.4 is 14.8 Å². The zero-order valence-electron chi connectivity index (χ0n) is 17.7. The Kier molecular flexibility index (Phi) is 7.32. The first kappa shape index (κ1) is 23.1. The lowest BCUT2D eigenvalue weighted by atomic mass is 10.1. The highest BCUT2D eigenvalue weighted by Gasteiger charge is 2.24. The van der Waals surface area contributed by atoms with Gasteiger partial charge in [-0.2, -0.15) is 0 Å². The van der Waals surface area contributed by atoms with Gasteiger partial charge in [0.15, 0.2) is 28.6 Å². The number of ketones is 1. The van der Waals surface area contributed by atoms with Gasteiger partial charge in [0.1, 0.15) is 0 Å². The average Bonchev–Trinajstić information content (AvgIpc) is 3.08. The number of nitrogens with zero attached hydrogens (tertiary/aromatic N) is 1. The van der Waals surface area contributed by atoms with E-state index in [2.05, 4.69) is 10.3 Å². The lowest BCUT2D eigenvalue weighted by Gasteiger charge is -2.15. The smallest absolute Gasteiger partial charge is 0.344 e. The average molecular weight is 455 g/mol. The number of nitrogens with one attached hydrogen (secondary N) is 1. The van der Waals surface area contributed by atoms with E-state index < -0.39 is 12.1 Å². The van der Waals surface area contributed by atoms with Crippen LogP contribution in [0.25, 0.3) is 6.08 Å². The normalized spacial score (nSPS) is 16.7. The number of amidine groups is 1. The Balaban J connectivity index is 1.82. The Morgan fingerprint density at radius 3 is 2.69 bits per heavy atom. The maximum absolute atomic E-state index is 12.4. The summed E-state index contributed by atoms with van der Waals surface area (Å²) in [6, 6.07) is 11.8. The molecule has 2 aromatic rings. The van der Waals surface area contributed by atoms with Crippen molar-refractivity contribution in [3.8, 4) is 11.5 Å². The molecule has 2 aromatic carbocycles. The third kappa shape index (κ3) is 5.76. The van der Waals surface area contributed by atoms with E-state index in [1.165, 1.54) is 25.6 Å². The van der Waals surface area contributed by atoms with Gasteiger partial charge in [-0.1, -0.05) is 18.2 Å². The van der Waals surface area contributed by atoms with Gasteiger partial charge in [0, 0.05) is 5.56 Å². The van der Waals surface area contributed by atoms with Gasteiger partial charge in [0.25, 0.3) is 5.91 Å². The molecular formula is C23H22N2O6S. The van der Waals surface area contributed by atoms with Gasteiger partial charge >= 0.3 is 5.97 Å². The summed E-state index contributed by atoms with van der Waals surface area (Å²) in [6.45, 7) is 5.08. The number of carbonyl (C=O) groups is 3. The second-order valence-electron chi connectivity index (χ2n) is 6.83. The summed E-state index contributed by atoms with van der Waals surface area (Å²) in [5.41, 5.74) is 1.79. The Morgan fingerprint density at radius 1 is 1.22 bits per heavy atom. The molecule has 0 radical (unpaired) electrons. The standard InChI is InChI=1S/C23H22N2O6S/c1-4-30-19-10-15(8-9-18(19)31-14(3)22(28)29)11-20-21(27)25-23(32-20)24-17-7-5-6-16(12-17)13(2)26/h5-12,14H,4H2,1-3H3,(H,28,29)(H,24,25,27)/b20-11+. The zero-order chi connectivity index (χ0) is 23.3. The van der Waals surface area contributed by atoms with Crippen molar-refractivity contribution in [3.05, 3.63) is 58.5 Å². The molecule has 0 spiro atoms. The third-order valence-corrected chi connectivity index (χ3v) is 5.26. The number of carbonyl (C=O) groups excluding carboxylic acids is 2. The molecule has 1 saturated heterocycles. The number of hydrogen-bond donors (Lipinski definition) is 2. The minimum absolute atomic E-state index is 0.0639. The van der Waals surface area contributed by atoms with E-state index >= 15 is 0 Å². The maximum Gasteiger partial charge on any atom is 0.344 e. The molecule has 0 saturated carbocycles. The summed E-state index contributed by atoms with van der Waals surface area (Å²) in [6.07, 6.45) is 0.649. The maximum atomic E-state index is 12.4.